The van der Waals surface area contributed by atoms with E-state index in [1.807, 2.05) is 6.07 Å². The number of aryl methyl sites for hydroxylation is 2. The van der Waals surface area contributed by atoms with E-state index in [-0.39, 0.29) is 97.8 Å². The lowest BCUT2D eigenvalue weighted by Gasteiger charge is -2.12. The van der Waals surface area contributed by atoms with Gasteiger partial charge in [-0.05, 0) is 92.3 Å². The number of fused-ring (bicyclic) bond motifs is 6. The van der Waals surface area contributed by atoms with Crippen LogP contribution >= 0.6 is 23.1 Å². The highest BCUT2D eigenvalue weighted by Crippen LogP contribution is 2.44. The first kappa shape index (κ1) is 61.8. The molecule has 0 saturated heterocycles. The Bertz CT molecular complexity index is 4670. The molecule has 29 nitrogen and oxygen atoms in total. The van der Waals surface area contributed by atoms with Crippen LogP contribution in [0.15, 0.2) is 112 Å². The number of thioether (sulfide) groups is 1. The largest absolute Gasteiger partial charge is 0.493 e. The number of carbonyl (C=O) groups excluding carboxylic acids is 1. The number of imidazole rings is 1. The van der Waals surface area contributed by atoms with Crippen LogP contribution in [0.1, 0.15) is 42.0 Å². The maximum atomic E-state index is 12.5. The van der Waals surface area contributed by atoms with Gasteiger partial charge in [-0.3, -0.25) is 27.4 Å². The molecule has 430 valence electrons. The molecule has 0 aliphatic heterocycles. The number of aromatic nitrogens is 3. The number of amides is 1. The molecule has 0 atom stereocenters. The van der Waals surface area contributed by atoms with Crippen LogP contribution in [0.2, 0.25) is 0 Å². The lowest BCUT2D eigenvalue weighted by atomic mass is 10.1. The van der Waals surface area contributed by atoms with Crippen molar-refractivity contribution in [3.05, 3.63) is 89.0 Å². The molecule has 82 heavy (non-hydrogen) atoms. The summed E-state index contributed by atoms with van der Waals surface area (Å²) >= 11 is 2.20. The molecule has 8 aromatic rings. The summed E-state index contributed by atoms with van der Waals surface area (Å²) in [6.07, 6.45) is -0.158. The fourth-order valence-electron chi connectivity index (χ4n) is 7.83. The number of pyridine rings is 1. The van der Waals surface area contributed by atoms with Gasteiger partial charge < -0.3 is 15.2 Å². The molecule has 0 bridgehead atoms. The van der Waals surface area contributed by atoms with Crippen LogP contribution in [-0.4, -0.2) is 114 Å². The normalized spacial score (nSPS) is 12.5. The number of hydrogen-bond donors (Lipinski definition) is 6. The Morgan fingerprint density at radius 3 is 1.98 bits per heavy atom. The highest BCUT2D eigenvalue weighted by Gasteiger charge is 2.27. The standard InChI is InChI=1S/C46H41N11O15S6.O3S/c1-23-15-33(53-55-40-25(3)30(22-47)44-49-41-35(57(44)45(40)59)18-28(48-26(4)58)19-39(41)78(69,70)71)36(72-11-7-13-75(60,61)62)20-31(23)51-54-34-16-24(2)32(21-37(34)73-12-8-14-76(63,64)65)52-56-46-50-42-38(77(66,67)68)17-27-9-5-6-10-29(27)43(42)74-46;1-4(2)3/h5-6,9-10,15-21,59H,7-8,11-14H2,1-4H3,(H,48,58)(H,60,61,62)(H,63,64,65)(H,66,67,68)(H,69,70,71);. The van der Waals surface area contributed by atoms with Crippen LogP contribution in [0.5, 0.6) is 11.6 Å². The number of thiazole rings is 1. The summed E-state index contributed by atoms with van der Waals surface area (Å²) in [5, 5.41) is 52.0. The van der Waals surface area contributed by atoms with Gasteiger partial charge >= 0.3 is 10.6 Å². The smallest absolute Gasteiger partial charge is 0.425 e. The van der Waals surface area contributed by atoms with Crippen LogP contribution in [0.25, 0.3) is 37.7 Å². The lowest BCUT2D eigenvalue weighted by Crippen LogP contribution is -2.08. The van der Waals surface area contributed by atoms with Gasteiger partial charge in [0.2, 0.25) is 16.9 Å². The number of rotatable bonds is 19. The number of carbonyl (C=O) groups is 1. The minimum Gasteiger partial charge on any atom is -0.493 e. The molecule has 5 aromatic carbocycles. The van der Waals surface area contributed by atoms with Crippen LogP contribution in [0.4, 0.5) is 39.3 Å². The molecule has 0 saturated carbocycles. The van der Waals surface area contributed by atoms with E-state index in [1.165, 1.54) is 31.2 Å². The predicted octanol–water partition coefficient (Wildman–Crippen LogP) is 9.47. The van der Waals surface area contributed by atoms with E-state index in [9.17, 15) is 67.0 Å². The number of anilines is 1. The third-order valence-electron chi connectivity index (χ3n) is 11.4. The molecule has 3 aromatic heterocycles. The Labute approximate surface area is 474 Å². The van der Waals surface area contributed by atoms with Crippen molar-refractivity contribution in [3.63, 3.8) is 0 Å². The van der Waals surface area contributed by atoms with Crippen LogP contribution in [0.3, 0.4) is 0 Å². The monoisotopic (exact) mass is 1260 g/mol. The first-order chi connectivity index (χ1) is 38.3. The molecule has 0 aliphatic carbocycles. The summed E-state index contributed by atoms with van der Waals surface area (Å²) in [5.41, 5.74) is 0.329. The second-order valence-electron chi connectivity index (χ2n) is 17.3. The minimum absolute atomic E-state index is 0.00175. The number of azo groups is 3. The topological polar surface area (TPSA) is 455 Å². The molecule has 36 heteroatoms. The van der Waals surface area contributed by atoms with Crippen LogP contribution in [-0.2, 0) is 55.9 Å². The molecular formula is C46H41N11O18S7. The van der Waals surface area contributed by atoms with E-state index in [2.05, 4.69) is 46.0 Å². The number of hydrogen-bond acceptors (Lipinski definition) is 25. The molecule has 0 unspecified atom stereocenters. The van der Waals surface area contributed by atoms with Crippen LogP contribution < -0.4 is 10.1 Å². The molecule has 8 rings (SSSR count). The van der Waals surface area contributed by atoms with E-state index in [0.717, 1.165) is 40.5 Å². The van der Waals surface area contributed by atoms with Gasteiger partial charge in [0.05, 0.1) is 45.4 Å². The molecule has 0 spiro atoms. The maximum absolute atomic E-state index is 12.5. The second-order valence-corrected chi connectivity index (χ2v) is 25.7. The Hall–Kier alpha value is -7.83. The van der Waals surface area contributed by atoms with Crippen molar-refractivity contribution in [2.24, 2.45) is 30.7 Å². The summed E-state index contributed by atoms with van der Waals surface area (Å²) in [7, 11) is -21.5. The zero-order chi connectivity index (χ0) is 60.2. The van der Waals surface area contributed by atoms with Crippen molar-refractivity contribution in [1.29, 1.82) is 5.26 Å². The van der Waals surface area contributed by atoms with E-state index < -0.39 is 84.2 Å². The molecule has 1 amide bonds. The van der Waals surface area contributed by atoms with Crippen LogP contribution in [0, 0.1) is 32.1 Å². The average molecular weight is 1260 g/mol. The molecule has 3 heterocycles. The van der Waals surface area contributed by atoms with Crippen molar-refractivity contribution >= 4 is 157 Å². The number of ether oxygens (including phenoxy) is 1. The number of nitrogens with one attached hydrogen (secondary N) is 1. The molecule has 6 N–H and O–H groups in total. The zero-order valence-electron chi connectivity index (χ0n) is 42.5. The van der Waals surface area contributed by atoms with Crippen molar-refractivity contribution < 1.29 is 79.1 Å². The molecule has 0 radical (unpaired) electrons. The lowest BCUT2D eigenvalue weighted by molar-refractivity contribution is -0.114. The Morgan fingerprint density at radius 2 is 1.34 bits per heavy atom. The van der Waals surface area contributed by atoms with Gasteiger partial charge in [-0.15, -0.1) is 50.0 Å². The number of aromatic hydroxyl groups is 1. The minimum atomic E-state index is -4.99. The molecule has 0 aliphatic rings. The Balaban J connectivity index is 0.00000234. The first-order valence-corrected chi connectivity index (χ1v) is 31.9. The maximum Gasteiger partial charge on any atom is 0.425 e. The van der Waals surface area contributed by atoms with Gasteiger partial charge in [-0.25, -0.2) is 9.97 Å². The SMILES string of the molecule is CC(=O)Nc1cc(S(=O)(=O)O)c2nc3c(C#N)c(C)c(N=Nc4cc(C)c(N=Nc5cc(C)c(N=Nc6nc7c(S(=O)(=O)O)cc8ccccc8c7s6)cc5SCCCS(=O)(=O)O)cc4OCCCS(=O)(=O)O)c(O)n3c2c1.O=S(=O)=O. The highest BCUT2D eigenvalue weighted by atomic mass is 32.2. The summed E-state index contributed by atoms with van der Waals surface area (Å²) in [5.74, 6) is -2.38. The fraction of sp³-hybridized carbons (Fsp3) is 0.217. The Kier molecular flexibility index (Phi) is 18.6. The summed E-state index contributed by atoms with van der Waals surface area (Å²) in [4.78, 5) is 19.9. The summed E-state index contributed by atoms with van der Waals surface area (Å²) < 4.78 is 168. The van der Waals surface area contributed by atoms with E-state index in [0.29, 0.717) is 37.2 Å². The Morgan fingerprint density at radius 1 is 0.756 bits per heavy atom. The van der Waals surface area contributed by atoms with Gasteiger partial charge in [0, 0.05) is 34.5 Å². The van der Waals surface area contributed by atoms with E-state index >= 15 is 0 Å². The number of nitrogens with zero attached hydrogens (tertiary/aromatic N) is 10. The third kappa shape index (κ3) is 15.0. The predicted molar refractivity (Wildman–Crippen MR) is 298 cm³/mol. The van der Waals surface area contributed by atoms with Crippen molar-refractivity contribution in [1.82, 2.24) is 14.4 Å². The van der Waals surface area contributed by atoms with Crippen molar-refractivity contribution in [2.75, 3.05) is 29.2 Å². The van der Waals surface area contributed by atoms with Gasteiger partial charge in [0.25, 0.3) is 40.5 Å². The number of benzene rings is 5. The quantitative estimate of drug-likeness (QED) is 0.0190. The van der Waals surface area contributed by atoms with Gasteiger partial charge in [0.1, 0.15) is 43.9 Å². The van der Waals surface area contributed by atoms with E-state index in [1.54, 1.807) is 50.2 Å². The first-order valence-electron chi connectivity index (χ1n) is 23.0. The fourth-order valence-corrected chi connectivity index (χ4v) is 12.3. The van der Waals surface area contributed by atoms with Gasteiger partial charge in [0.15, 0.2) is 11.3 Å². The van der Waals surface area contributed by atoms with E-state index in [4.69, 9.17) is 17.4 Å². The molecular weight excluding hydrogens is 1220 g/mol. The third-order valence-corrected chi connectivity index (χ3v) is 16.8. The van der Waals surface area contributed by atoms with Crippen molar-refractivity contribution in [3.8, 4) is 17.7 Å². The molecule has 0 fully saturated rings. The summed E-state index contributed by atoms with van der Waals surface area (Å²) in [6, 6.07) is 18.5. The average Bonchev–Trinajstić information content (AvgIpc) is 4.14. The summed E-state index contributed by atoms with van der Waals surface area (Å²) in [6.45, 7) is 5.59. The zero-order valence-corrected chi connectivity index (χ0v) is 48.2. The number of nitriles is 1. The van der Waals surface area contributed by atoms with Gasteiger partial charge in [-0.1, -0.05) is 35.6 Å². The second kappa shape index (κ2) is 24.7. The van der Waals surface area contributed by atoms with Gasteiger partial charge in [-0.2, -0.15) is 44.0 Å². The highest BCUT2D eigenvalue weighted by molar-refractivity contribution is 7.99. The van der Waals surface area contributed by atoms with Crippen molar-refractivity contribution in [2.45, 2.75) is 55.2 Å².